The Kier molecular flexibility index (Phi) is 7.65. The number of sulfonamides is 1. The van der Waals surface area contributed by atoms with Gasteiger partial charge in [-0.25, -0.2) is 8.42 Å². The van der Waals surface area contributed by atoms with Crippen molar-refractivity contribution in [2.24, 2.45) is 0 Å². The lowest BCUT2D eigenvalue weighted by atomic mass is 10.2. The Morgan fingerprint density at radius 1 is 1.21 bits per heavy atom. The molecule has 7 nitrogen and oxygen atoms in total. The van der Waals surface area contributed by atoms with Crippen LogP contribution in [0.25, 0.3) is 0 Å². The van der Waals surface area contributed by atoms with Crippen LogP contribution >= 0.6 is 0 Å². The summed E-state index contributed by atoms with van der Waals surface area (Å²) in [6.07, 6.45) is 0. The van der Waals surface area contributed by atoms with Gasteiger partial charge >= 0.3 is 0 Å². The summed E-state index contributed by atoms with van der Waals surface area (Å²) in [5.41, 5.74) is 0.327. The molecule has 1 aliphatic heterocycles. The molecule has 0 amide bonds. The number of benzene rings is 1. The van der Waals surface area contributed by atoms with Gasteiger partial charge in [0.1, 0.15) is 10.5 Å². The monoisotopic (exact) mass is 357 g/mol. The van der Waals surface area contributed by atoms with Crippen molar-refractivity contribution in [3.8, 4) is 0 Å². The zero-order valence-corrected chi connectivity index (χ0v) is 15.5. The van der Waals surface area contributed by atoms with Crippen molar-refractivity contribution in [1.29, 1.82) is 0 Å². The van der Waals surface area contributed by atoms with Crippen LogP contribution in [0.1, 0.15) is 20.8 Å². The summed E-state index contributed by atoms with van der Waals surface area (Å²) >= 11 is 0. The highest BCUT2D eigenvalue weighted by atomic mass is 32.2. The third-order valence-corrected chi connectivity index (χ3v) is 5.21. The molecule has 1 saturated heterocycles. The lowest BCUT2D eigenvalue weighted by Gasteiger charge is -2.27. The van der Waals surface area contributed by atoms with Gasteiger partial charge in [0.05, 0.1) is 5.69 Å². The zero-order chi connectivity index (χ0) is 18.2. The molecule has 1 aromatic rings. The zero-order valence-electron chi connectivity index (χ0n) is 14.7. The fraction of sp³-hybridized carbons (Fsp3) is 0.562. The van der Waals surface area contributed by atoms with Crippen LogP contribution < -0.4 is 10.6 Å². The quantitative estimate of drug-likeness (QED) is 0.790. The van der Waals surface area contributed by atoms with E-state index in [0.29, 0.717) is 43.2 Å². The molecule has 0 atom stereocenters. The first-order chi connectivity index (χ1) is 11.2. The van der Waals surface area contributed by atoms with Crippen molar-refractivity contribution in [1.82, 2.24) is 9.62 Å². The number of anilines is 1. The van der Waals surface area contributed by atoms with Gasteiger partial charge in [-0.1, -0.05) is 12.1 Å². The summed E-state index contributed by atoms with van der Waals surface area (Å²) in [7, 11) is -1.65. The van der Waals surface area contributed by atoms with Gasteiger partial charge in [-0.2, -0.15) is 4.31 Å². The van der Waals surface area contributed by atoms with E-state index < -0.39 is 10.0 Å². The van der Waals surface area contributed by atoms with Crippen LogP contribution in [0, 0.1) is 0 Å². The molecule has 0 aliphatic carbocycles. The maximum absolute atomic E-state index is 12.4. The number of carbonyl (C=O) groups excluding carboxylic acids is 1. The third-order valence-electron chi connectivity index (χ3n) is 3.25. The van der Waals surface area contributed by atoms with Gasteiger partial charge in [0.25, 0.3) is 6.47 Å². The Balaban J connectivity index is 0.000000351. The van der Waals surface area contributed by atoms with Crippen LogP contribution in [-0.4, -0.2) is 58.0 Å². The predicted molar refractivity (Wildman–Crippen MR) is 94.5 cm³/mol. The standard InChI is InChI=1S/C11H17N3O2S.C5H10O2/c1-12-10-4-2-3-5-11(10)17(15,16)14-8-6-13-7-9-14;1-5(2,3)7-4-6/h2-5,12-13H,6-9H2,1H3;4H,1-3H3. The summed E-state index contributed by atoms with van der Waals surface area (Å²) < 4.78 is 30.9. The molecule has 136 valence electrons. The van der Waals surface area contributed by atoms with E-state index in [2.05, 4.69) is 15.4 Å². The van der Waals surface area contributed by atoms with E-state index in [0.717, 1.165) is 0 Å². The van der Waals surface area contributed by atoms with Gasteiger partial charge in [0, 0.05) is 33.2 Å². The largest absolute Gasteiger partial charge is 0.462 e. The first-order valence-electron chi connectivity index (χ1n) is 7.81. The summed E-state index contributed by atoms with van der Waals surface area (Å²) in [6.45, 7) is 8.40. The fourth-order valence-electron chi connectivity index (χ4n) is 2.07. The maximum Gasteiger partial charge on any atom is 0.293 e. The molecule has 0 bridgehead atoms. The smallest absolute Gasteiger partial charge is 0.293 e. The second kappa shape index (κ2) is 9.00. The molecule has 0 unspecified atom stereocenters. The average Bonchev–Trinajstić information content (AvgIpc) is 2.55. The van der Waals surface area contributed by atoms with Crippen LogP contribution in [0.4, 0.5) is 5.69 Å². The Morgan fingerprint density at radius 2 is 1.79 bits per heavy atom. The average molecular weight is 357 g/mol. The minimum atomic E-state index is -3.37. The molecule has 0 saturated carbocycles. The van der Waals surface area contributed by atoms with E-state index in [1.807, 2.05) is 26.8 Å². The topological polar surface area (TPSA) is 87.7 Å². The molecule has 0 aromatic heterocycles. The van der Waals surface area contributed by atoms with Gasteiger partial charge in [-0.05, 0) is 32.9 Å². The number of nitrogens with zero attached hydrogens (tertiary/aromatic N) is 1. The molecule has 1 heterocycles. The third kappa shape index (κ3) is 6.10. The van der Waals surface area contributed by atoms with Crippen molar-refractivity contribution in [3.05, 3.63) is 24.3 Å². The number of para-hydroxylation sites is 1. The molecular weight excluding hydrogens is 330 g/mol. The van der Waals surface area contributed by atoms with Crippen molar-refractivity contribution in [2.45, 2.75) is 31.3 Å². The first kappa shape index (κ1) is 20.4. The normalized spacial score (nSPS) is 15.8. The highest BCUT2D eigenvalue weighted by Crippen LogP contribution is 2.24. The first-order valence-corrected chi connectivity index (χ1v) is 9.25. The minimum Gasteiger partial charge on any atom is -0.462 e. The van der Waals surface area contributed by atoms with Crippen LogP contribution in [0.15, 0.2) is 29.2 Å². The molecule has 1 fully saturated rings. The van der Waals surface area contributed by atoms with Crippen LogP contribution in [0.2, 0.25) is 0 Å². The van der Waals surface area contributed by atoms with Crippen LogP contribution in [0.5, 0.6) is 0 Å². The molecule has 2 N–H and O–H groups in total. The molecule has 8 heteroatoms. The highest BCUT2D eigenvalue weighted by Gasteiger charge is 2.27. The summed E-state index contributed by atoms with van der Waals surface area (Å²) in [5.74, 6) is 0. The molecule has 1 aliphatic rings. The van der Waals surface area contributed by atoms with Gasteiger partial charge < -0.3 is 15.4 Å². The van der Waals surface area contributed by atoms with Crippen molar-refractivity contribution in [3.63, 3.8) is 0 Å². The SMILES string of the molecule is CC(C)(C)OC=O.CNc1ccccc1S(=O)(=O)N1CCNCC1. The van der Waals surface area contributed by atoms with Crippen molar-refractivity contribution in [2.75, 3.05) is 38.5 Å². The second-order valence-electron chi connectivity index (χ2n) is 6.23. The van der Waals surface area contributed by atoms with Crippen LogP contribution in [-0.2, 0) is 19.6 Å². The number of ether oxygens (including phenoxy) is 1. The lowest BCUT2D eigenvalue weighted by Crippen LogP contribution is -2.46. The van der Waals surface area contributed by atoms with E-state index in [-0.39, 0.29) is 5.60 Å². The van der Waals surface area contributed by atoms with E-state index in [1.54, 1.807) is 25.2 Å². The number of rotatable bonds is 4. The fourth-order valence-corrected chi connectivity index (χ4v) is 3.71. The van der Waals surface area contributed by atoms with E-state index in [9.17, 15) is 13.2 Å². The summed E-state index contributed by atoms with van der Waals surface area (Å²) in [6, 6.07) is 6.98. The number of nitrogens with one attached hydrogen (secondary N) is 2. The molecular formula is C16H27N3O4S. The molecule has 1 aromatic carbocycles. The maximum atomic E-state index is 12.4. The summed E-state index contributed by atoms with van der Waals surface area (Å²) in [4.78, 5) is 9.95. The number of hydrogen-bond acceptors (Lipinski definition) is 6. The van der Waals surface area contributed by atoms with Gasteiger partial charge in [0.2, 0.25) is 10.0 Å². The Labute approximate surface area is 144 Å². The van der Waals surface area contributed by atoms with Gasteiger partial charge in [-0.3, -0.25) is 4.79 Å². The molecule has 24 heavy (non-hydrogen) atoms. The van der Waals surface area contributed by atoms with Crippen LogP contribution in [0.3, 0.4) is 0 Å². The van der Waals surface area contributed by atoms with E-state index in [1.165, 1.54) is 4.31 Å². The van der Waals surface area contributed by atoms with Gasteiger partial charge in [-0.15, -0.1) is 0 Å². The lowest BCUT2D eigenvalue weighted by molar-refractivity contribution is -0.138. The summed E-state index contributed by atoms with van der Waals surface area (Å²) in [5, 5.41) is 6.06. The van der Waals surface area contributed by atoms with E-state index in [4.69, 9.17) is 0 Å². The van der Waals surface area contributed by atoms with Gasteiger partial charge in [0.15, 0.2) is 0 Å². The number of carbonyl (C=O) groups is 1. The Bertz CT molecular complexity index is 620. The number of hydrogen-bond donors (Lipinski definition) is 2. The number of piperazine rings is 1. The Morgan fingerprint density at radius 3 is 2.25 bits per heavy atom. The highest BCUT2D eigenvalue weighted by molar-refractivity contribution is 7.89. The predicted octanol–water partition coefficient (Wildman–Crippen LogP) is 1.28. The second-order valence-corrected chi connectivity index (χ2v) is 8.13. The van der Waals surface area contributed by atoms with Crippen molar-refractivity contribution >= 4 is 22.2 Å². The van der Waals surface area contributed by atoms with Crippen molar-refractivity contribution < 1.29 is 17.9 Å². The minimum absolute atomic E-state index is 0.318. The Hall–Kier alpha value is -1.64. The molecule has 0 radical (unpaired) electrons. The molecule has 0 spiro atoms. The molecule has 2 rings (SSSR count). The van der Waals surface area contributed by atoms with E-state index >= 15 is 0 Å².